The smallest absolute Gasteiger partial charge is 0.0906 e. The van der Waals surface area contributed by atoms with Gasteiger partial charge in [-0.05, 0) is 6.42 Å². The SMILES string of the molecule is C=C(O)C(C)(C)CC. The summed E-state index contributed by atoms with van der Waals surface area (Å²) in [4.78, 5) is 0. The maximum absolute atomic E-state index is 8.89. The highest BCUT2D eigenvalue weighted by atomic mass is 16.3. The van der Waals surface area contributed by atoms with Gasteiger partial charge in [0, 0.05) is 5.41 Å². The number of allylic oxidation sites excluding steroid dienone is 1. The van der Waals surface area contributed by atoms with Crippen LogP contribution in [-0.2, 0) is 0 Å². The fourth-order valence-corrected chi connectivity index (χ4v) is 0.204. The molecule has 0 bridgehead atoms. The fraction of sp³-hybridized carbons (Fsp3) is 0.714. The normalized spacial score (nSPS) is 11.4. The summed E-state index contributed by atoms with van der Waals surface area (Å²) in [6, 6.07) is 0. The van der Waals surface area contributed by atoms with E-state index < -0.39 is 0 Å². The summed E-state index contributed by atoms with van der Waals surface area (Å²) in [5, 5.41) is 8.89. The van der Waals surface area contributed by atoms with Crippen molar-refractivity contribution in [3.8, 4) is 0 Å². The Balaban J connectivity index is 3.91. The summed E-state index contributed by atoms with van der Waals surface area (Å²) in [5.41, 5.74) is -0.0972. The number of aliphatic hydroxyl groups excluding tert-OH is 1. The molecule has 0 saturated carbocycles. The third-order valence-electron chi connectivity index (χ3n) is 1.67. The lowest BCUT2D eigenvalue weighted by Crippen LogP contribution is -2.11. The molecule has 0 spiro atoms. The molecule has 0 fully saturated rings. The van der Waals surface area contributed by atoms with Crippen LogP contribution in [0.15, 0.2) is 12.3 Å². The average Bonchev–Trinajstić information content (AvgIpc) is 1.67. The van der Waals surface area contributed by atoms with E-state index in [4.69, 9.17) is 5.11 Å². The van der Waals surface area contributed by atoms with Gasteiger partial charge in [-0.1, -0.05) is 27.4 Å². The molecular formula is C7H14O. The van der Waals surface area contributed by atoms with E-state index >= 15 is 0 Å². The largest absolute Gasteiger partial charge is 0.512 e. The maximum atomic E-state index is 8.89. The summed E-state index contributed by atoms with van der Waals surface area (Å²) < 4.78 is 0. The second-order valence-corrected chi connectivity index (χ2v) is 2.68. The molecule has 0 aromatic rings. The first kappa shape index (κ1) is 7.54. The Morgan fingerprint density at radius 1 is 1.62 bits per heavy atom. The minimum absolute atomic E-state index is 0.0972. The molecule has 0 atom stereocenters. The van der Waals surface area contributed by atoms with Crippen LogP contribution in [0.4, 0.5) is 0 Å². The van der Waals surface area contributed by atoms with Crippen molar-refractivity contribution in [3.05, 3.63) is 12.3 Å². The molecule has 0 rings (SSSR count). The minimum Gasteiger partial charge on any atom is -0.512 e. The van der Waals surface area contributed by atoms with E-state index in [2.05, 4.69) is 6.58 Å². The van der Waals surface area contributed by atoms with Gasteiger partial charge >= 0.3 is 0 Å². The number of rotatable bonds is 2. The molecule has 8 heavy (non-hydrogen) atoms. The van der Waals surface area contributed by atoms with Crippen molar-refractivity contribution in [3.63, 3.8) is 0 Å². The van der Waals surface area contributed by atoms with Gasteiger partial charge < -0.3 is 5.11 Å². The van der Waals surface area contributed by atoms with Crippen molar-refractivity contribution in [2.45, 2.75) is 27.2 Å². The zero-order valence-electron chi connectivity index (χ0n) is 5.86. The van der Waals surface area contributed by atoms with E-state index in [1.54, 1.807) is 0 Å². The molecule has 48 valence electrons. The molecular weight excluding hydrogens is 100 g/mol. The van der Waals surface area contributed by atoms with Crippen molar-refractivity contribution < 1.29 is 5.11 Å². The number of aliphatic hydroxyl groups is 1. The summed E-state index contributed by atoms with van der Waals surface area (Å²) in [6.07, 6.45) is 0.933. The van der Waals surface area contributed by atoms with Gasteiger partial charge in [0.05, 0.1) is 5.76 Å². The zero-order valence-corrected chi connectivity index (χ0v) is 5.86. The Hall–Kier alpha value is -0.460. The van der Waals surface area contributed by atoms with E-state index in [-0.39, 0.29) is 11.2 Å². The molecule has 0 saturated heterocycles. The molecule has 0 amide bonds. The van der Waals surface area contributed by atoms with Crippen LogP contribution in [0.25, 0.3) is 0 Å². The van der Waals surface area contributed by atoms with Crippen LogP contribution in [0, 0.1) is 5.41 Å². The predicted molar refractivity (Wildman–Crippen MR) is 35.8 cm³/mol. The zero-order chi connectivity index (χ0) is 6.78. The Kier molecular flexibility index (Phi) is 2.08. The average molecular weight is 114 g/mol. The fourth-order valence-electron chi connectivity index (χ4n) is 0.204. The van der Waals surface area contributed by atoms with Gasteiger partial charge in [0.25, 0.3) is 0 Å². The van der Waals surface area contributed by atoms with Crippen LogP contribution in [0.5, 0.6) is 0 Å². The molecule has 0 aliphatic heterocycles. The van der Waals surface area contributed by atoms with Crippen LogP contribution < -0.4 is 0 Å². The van der Waals surface area contributed by atoms with E-state index in [0.29, 0.717) is 0 Å². The van der Waals surface area contributed by atoms with Gasteiger partial charge in [0.15, 0.2) is 0 Å². The lowest BCUT2D eigenvalue weighted by Gasteiger charge is -2.19. The Bertz CT molecular complexity index is 92.6. The quantitative estimate of drug-likeness (QED) is 0.547. The van der Waals surface area contributed by atoms with Gasteiger partial charge in [-0.25, -0.2) is 0 Å². The summed E-state index contributed by atoms with van der Waals surface area (Å²) in [6.45, 7) is 9.42. The molecule has 0 unspecified atom stereocenters. The van der Waals surface area contributed by atoms with Gasteiger partial charge in [-0.3, -0.25) is 0 Å². The van der Waals surface area contributed by atoms with Gasteiger partial charge in [-0.2, -0.15) is 0 Å². The van der Waals surface area contributed by atoms with E-state index in [9.17, 15) is 0 Å². The summed E-state index contributed by atoms with van der Waals surface area (Å²) in [5.74, 6) is 0.278. The Morgan fingerprint density at radius 2 is 2.00 bits per heavy atom. The molecule has 0 heterocycles. The third kappa shape index (κ3) is 1.57. The highest BCUT2D eigenvalue weighted by Crippen LogP contribution is 2.25. The summed E-state index contributed by atoms with van der Waals surface area (Å²) in [7, 11) is 0. The van der Waals surface area contributed by atoms with Crippen molar-refractivity contribution in [2.24, 2.45) is 5.41 Å². The molecule has 1 nitrogen and oxygen atoms in total. The monoisotopic (exact) mass is 114 g/mol. The second-order valence-electron chi connectivity index (χ2n) is 2.68. The van der Waals surface area contributed by atoms with Crippen molar-refractivity contribution in [1.82, 2.24) is 0 Å². The first-order chi connectivity index (χ1) is 3.50. The van der Waals surface area contributed by atoms with Crippen molar-refractivity contribution >= 4 is 0 Å². The number of hydrogen-bond acceptors (Lipinski definition) is 1. The van der Waals surface area contributed by atoms with Crippen LogP contribution in [0.3, 0.4) is 0 Å². The van der Waals surface area contributed by atoms with Crippen LogP contribution in [0.1, 0.15) is 27.2 Å². The van der Waals surface area contributed by atoms with E-state index in [0.717, 1.165) is 6.42 Å². The van der Waals surface area contributed by atoms with Gasteiger partial charge in [0.1, 0.15) is 0 Å². The predicted octanol–water partition coefficient (Wildman–Crippen LogP) is 2.49. The number of hydrogen-bond donors (Lipinski definition) is 1. The summed E-state index contributed by atoms with van der Waals surface area (Å²) >= 11 is 0. The first-order valence-corrected chi connectivity index (χ1v) is 2.89. The highest BCUT2D eigenvalue weighted by molar-refractivity contribution is 4.94. The standard InChI is InChI=1S/C7H14O/c1-5-7(3,4)6(2)8/h8H,2,5H2,1,3-4H3. The lowest BCUT2D eigenvalue weighted by atomic mass is 9.89. The third-order valence-corrected chi connectivity index (χ3v) is 1.67. The Labute approximate surface area is 51.0 Å². The molecule has 1 N–H and O–H groups in total. The highest BCUT2D eigenvalue weighted by Gasteiger charge is 2.17. The molecule has 0 aromatic heterocycles. The minimum atomic E-state index is -0.0972. The van der Waals surface area contributed by atoms with Gasteiger partial charge in [0.2, 0.25) is 0 Å². The maximum Gasteiger partial charge on any atom is 0.0906 e. The molecule has 1 heteroatoms. The Morgan fingerprint density at radius 3 is 2.00 bits per heavy atom. The van der Waals surface area contributed by atoms with E-state index in [1.807, 2.05) is 20.8 Å². The van der Waals surface area contributed by atoms with Crippen molar-refractivity contribution in [1.29, 1.82) is 0 Å². The first-order valence-electron chi connectivity index (χ1n) is 2.89. The lowest BCUT2D eigenvalue weighted by molar-refractivity contribution is 0.254. The van der Waals surface area contributed by atoms with Crippen molar-refractivity contribution in [2.75, 3.05) is 0 Å². The molecule has 0 radical (unpaired) electrons. The van der Waals surface area contributed by atoms with Crippen LogP contribution >= 0.6 is 0 Å². The second kappa shape index (κ2) is 2.21. The van der Waals surface area contributed by atoms with Crippen LogP contribution in [0.2, 0.25) is 0 Å². The molecule has 0 aromatic carbocycles. The van der Waals surface area contributed by atoms with E-state index in [1.165, 1.54) is 0 Å². The topological polar surface area (TPSA) is 20.2 Å². The van der Waals surface area contributed by atoms with Gasteiger partial charge in [-0.15, -0.1) is 0 Å². The molecule has 0 aliphatic rings. The molecule has 0 aliphatic carbocycles. The van der Waals surface area contributed by atoms with Crippen LogP contribution in [-0.4, -0.2) is 5.11 Å².